The maximum absolute atomic E-state index is 12.9. The van der Waals surface area contributed by atoms with Crippen molar-refractivity contribution in [2.75, 3.05) is 23.0 Å². The quantitative estimate of drug-likeness (QED) is 0.0201. The lowest BCUT2D eigenvalue weighted by Crippen LogP contribution is -2.14. The van der Waals surface area contributed by atoms with E-state index in [1.165, 1.54) is 54.6 Å². The standard InChI is InChI=1S/C27H24N4O15S4/c1-15(32)28-22-14-21(50(39,40)41)11-17-12-23(47-45-43-35)25(26(33)24(17)22)31-30-18-7-5-16(6-8-18)27(34)29-19-3-2-4-20(13-19)49(37,38)10-9-42-48-46-44-36/h2-8,11-14,33,35-36H,9-10H2,1H3,(H,28,32)(H,29,34)(H,39,40,41). The van der Waals surface area contributed by atoms with E-state index in [0.717, 1.165) is 19.1 Å². The molecule has 50 heavy (non-hydrogen) atoms. The minimum Gasteiger partial charge on any atom is -0.505 e. The van der Waals surface area contributed by atoms with Crippen molar-refractivity contribution >= 4 is 89.7 Å². The molecule has 0 atom stereocenters. The maximum Gasteiger partial charge on any atom is 0.294 e. The number of carbonyl (C=O) groups excluding carboxylic acids is 2. The lowest BCUT2D eigenvalue weighted by atomic mass is 10.1. The number of phenolic OH excluding ortho intramolecular Hbond substituents is 1. The number of nitrogens with zero attached hydrogens (tertiary/aromatic N) is 2. The first-order chi connectivity index (χ1) is 23.7. The largest absolute Gasteiger partial charge is 0.505 e. The second-order valence-corrected chi connectivity index (χ2v) is 14.4. The summed E-state index contributed by atoms with van der Waals surface area (Å²) < 4.78 is 71.8. The van der Waals surface area contributed by atoms with Gasteiger partial charge in [0.2, 0.25) is 5.91 Å². The highest BCUT2D eigenvalue weighted by molar-refractivity contribution is 7.94. The predicted octanol–water partition coefficient (Wildman–Crippen LogP) is 5.62. The number of nitrogens with one attached hydrogen (secondary N) is 2. The zero-order valence-electron chi connectivity index (χ0n) is 25.1. The van der Waals surface area contributed by atoms with Crippen LogP contribution in [0.1, 0.15) is 17.3 Å². The van der Waals surface area contributed by atoms with Gasteiger partial charge in [0.25, 0.3) is 16.0 Å². The summed E-state index contributed by atoms with van der Waals surface area (Å²) in [7, 11) is -8.56. The molecule has 0 radical (unpaired) electrons. The van der Waals surface area contributed by atoms with Crippen LogP contribution in [0, 0.1) is 0 Å². The molecule has 4 rings (SSSR count). The fourth-order valence-corrected chi connectivity index (χ4v) is 6.68. The summed E-state index contributed by atoms with van der Waals surface area (Å²) in [6.45, 7) is 0.845. The zero-order valence-corrected chi connectivity index (χ0v) is 28.3. The smallest absolute Gasteiger partial charge is 0.294 e. The Kier molecular flexibility index (Phi) is 13.2. The Balaban J connectivity index is 1.57. The molecule has 0 bridgehead atoms. The highest BCUT2D eigenvalue weighted by atomic mass is 32.2. The maximum atomic E-state index is 12.9. The Labute approximate surface area is 291 Å². The van der Waals surface area contributed by atoms with Crippen molar-refractivity contribution in [3.63, 3.8) is 0 Å². The average Bonchev–Trinajstić information content (AvgIpc) is 3.06. The van der Waals surface area contributed by atoms with E-state index < -0.39 is 48.2 Å². The molecule has 0 aromatic heterocycles. The van der Waals surface area contributed by atoms with Gasteiger partial charge in [0.1, 0.15) is 5.69 Å². The van der Waals surface area contributed by atoms with E-state index >= 15 is 0 Å². The summed E-state index contributed by atoms with van der Waals surface area (Å²) in [5, 5.41) is 47.9. The Bertz CT molecular complexity index is 2130. The first-order valence-electron chi connectivity index (χ1n) is 13.4. The van der Waals surface area contributed by atoms with Gasteiger partial charge in [-0.2, -0.15) is 13.5 Å². The summed E-state index contributed by atoms with van der Waals surface area (Å²) in [6.07, 6.45) is 0. The van der Waals surface area contributed by atoms with Crippen LogP contribution in [0.2, 0.25) is 0 Å². The van der Waals surface area contributed by atoms with Crippen LogP contribution < -0.4 is 10.6 Å². The van der Waals surface area contributed by atoms with E-state index in [9.17, 15) is 36.1 Å². The van der Waals surface area contributed by atoms with E-state index in [1.54, 1.807) is 0 Å². The number of anilines is 2. The molecule has 0 aliphatic heterocycles. The second kappa shape index (κ2) is 17.1. The van der Waals surface area contributed by atoms with E-state index in [4.69, 9.17) is 14.7 Å². The number of hydrogen-bond acceptors (Lipinski definition) is 18. The highest BCUT2D eigenvalue weighted by Crippen LogP contribution is 2.47. The number of rotatable bonds is 16. The molecule has 0 unspecified atom stereocenters. The van der Waals surface area contributed by atoms with Gasteiger partial charge >= 0.3 is 0 Å². The van der Waals surface area contributed by atoms with Crippen LogP contribution in [0.3, 0.4) is 0 Å². The first kappa shape index (κ1) is 38.6. The number of fused-ring (bicyclic) bond motifs is 1. The van der Waals surface area contributed by atoms with Gasteiger partial charge in [0.15, 0.2) is 27.9 Å². The summed E-state index contributed by atoms with van der Waals surface area (Å²) in [5.41, 5.74) is 0.0748. The van der Waals surface area contributed by atoms with Crippen LogP contribution in [-0.4, -0.2) is 61.2 Å². The molecule has 266 valence electrons. The van der Waals surface area contributed by atoms with Crippen molar-refractivity contribution < 1.29 is 69.5 Å². The van der Waals surface area contributed by atoms with Crippen molar-refractivity contribution in [2.45, 2.75) is 21.6 Å². The lowest BCUT2D eigenvalue weighted by Gasteiger charge is -2.14. The summed E-state index contributed by atoms with van der Waals surface area (Å²) in [4.78, 5) is 24.0. The van der Waals surface area contributed by atoms with Crippen molar-refractivity contribution in [1.29, 1.82) is 0 Å². The van der Waals surface area contributed by atoms with E-state index in [-0.39, 0.29) is 67.8 Å². The predicted molar refractivity (Wildman–Crippen MR) is 176 cm³/mol. The van der Waals surface area contributed by atoms with Gasteiger partial charge in [0.05, 0.1) is 50.5 Å². The third-order valence-corrected chi connectivity index (χ3v) is 9.78. The molecule has 0 aliphatic rings. The first-order valence-corrected chi connectivity index (χ1v) is 17.9. The molecule has 0 saturated carbocycles. The van der Waals surface area contributed by atoms with Gasteiger partial charge in [0, 0.05) is 23.6 Å². The number of phenols is 1. The van der Waals surface area contributed by atoms with Gasteiger partial charge in [-0.25, -0.2) is 18.9 Å². The molecule has 19 nitrogen and oxygen atoms in total. The van der Waals surface area contributed by atoms with Gasteiger partial charge in [-0.1, -0.05) is 16.1 Å². The van der Waals surface area contributed by atoms with E-state index in [0.29, 0.717) is 12.0 Å². The van der Waals surface area contributed by atoms with Crippen molar-refractivity contribution in [3.8, 4) is 5.75 Å². The number of aromatic hydroxyl groups is 1. The van der Waals surface area contributed by atoms with Crippen LogP contribution in [0.4, 0.5) is 22.7 Å². The van der Waals surface area contributed by atoms with Crippen molar-refractivity contribution in [1.82, 2.24) is 0 Å². The second-order valence-electron chi connectivity index (χ2n) is 9.60. The monoisotopic (exact) mass is 772 g/mol. The van der Waals surface area contributed by atoms with E-state index in [2.05, 4.69) is 39.6 Å². The zero-order chi connectivity index (χ0) is 36.5. The van der Waals surface area contributed by atoms with Crippen LogP contribution in [0.5, 0.6) is 5.75 Å². The lowest BCUT2D eigenvalue weighted by molar-refractivity contribution is -0.434. The van der Waals surface area contributed by atoms with Gasteiger partial charge in [-0.05, 0) is 66.0 Å². The molecule has 0 spiro atoms. The number of hydrogen-bond donors (Lipinski definition) is 6. The Morgan fingerprint density at radius 2 is 1.60 bits per heavy atom. The molecule has 2 amide bonds. The molecule has 0 heterocycles. The summed E-state index contributed by atoms with van der Waals surface area (Å²) in [5.74, 6) is -2.25. The molecular weight excluding hydrogens is 749 g/mol. The van der Waals surface area contributed by atoms with Crippen LogP contribution in [-0.2, 0) is 47.7 Å². The molecule has 0 fully saturated rings. The van der Waals surface area contributed by atoms with Crippen LogP contribution in [0.25, 0.3) is 10.8 Å². The molecule has 6 N–H and O–H groups in total. The van der Waals surface area contributed by atoms with Gasteiger partial charge in [-0.3, -0.25) is 18.3 Å². The number of sulfone groups is 1. The van der Waals surface area contributed by atoms with Crippen molar-refractivity contribution in [3.05, 3.63) is 72.3 Å². The van der Waals surface area contributed by atoms with Gasteiger partial charge in [-0.15, -0.1) is 13.8 Å². The van der Waals surface area contributed by atoms with Crippen LogP contribution >= 0.6 is 24.4 Å². The number of benzene rings is 4. The number of azo groups is 1. The molecule has 23 heteroatoms. The third kappa shape index (κ3) is 10.2. The van der Waals surface area contributed by atoms with Gasteiger partial charge < -0.3 is 15.7 Å². The third-order valence-electron chi connectivity index (χ3n) is 6.27. The summed E-state index contributed by atoms with van der Waals surface area (Å²) >= 11 is 0.595. The Morgan fingerprint density at radius 3 is 2.26 bits per heavy atom. The minimum absolute atomic E-state index is 0.0101. The topological polar surface area (TPSA) is 278 Å². The molecule has 0 aliphatic carbocycles. The number of carbonyl (C=O) groups is 2. The molecule has 4 aromatic rings. The van der Waals surface area contributed by atoms with Crippen LogP contribution in [0.15, 0.2) is 91.6 Å². The molecule has 0 saturated heterocycles. The Morgan fingerprint density at radius 1 is 0.880 bits per heavy atom. The fourth-order valence-electron chi connectivity index (χ4n) is 4.19. The molecular formula is C27H24N4O15S4. The fraction of sp³-hybridized carbons (Fsp3) is 0.111. The van der Waals surface area contributed by atoms with Crippen molar-refractivity contribution in [2.24, 2.45) is 10.2 Å². The normalized spacial score (nSPS) is 12.0. The summed E-state index contributed by atoms with van der Waals surface area (Å²) in [6, 6.07) is 14.3. The average molecular weight is 773 g/mol. The Hall–Kier alpha value is -4.24. The molecule has 4 aromatic carbocycles. The minimum atomic E-state index is -4.74. The number of amides is 2. The SMILES string of the molecule is CC(=O)Nc1cc(S(=O)(=O)O)cc2cc(SOOO)c(N=Nc3ccc(C(=O)Nc4cccc(S(=O)(=O)CCOSOOO)c4)cc3)c(O)c12. The highest BCUT2D eigenvalue weighted by Gasteiger charge is 2.22. The van der Waals surface area contributed by atoms with E-state index in [1.807, 2.05) is 0 Å².